The zero-order valence-corrected chi connectivity index (χ0v) is 35.2. The fourth-order valence-electron chi connectivity index (χ4n) is 14.3. The number of rotatable bonds is 8. The maximum Gasteiger partial charge on any atom is 0.315 e. The van der Waals surface area contributed by atoms with Gasteiger partial charge in [0.2, 0.25) is 6.29 Å². The SMILES string of the molecule is C[C@@]1(CO)CC[C@]2(C(=O)O[C@@H]3O[C@H](CO)[C@@H](O)[C@H](O)[C@H]3O)CC[C@]3(C)C(=CC[C@@H]4[C@@]5(C)CC[C@@H](O[C@@H]6O[C@H](CO)[C@@H](O)[C@H](O)[C@H]6O)[C@@](C)(C(=O)O)[C@@H]5CC[C@]43C)[C@]2(C)C1. The van der Waals surface area contributed by atoms with E-state index in [1.54, 1.807) is 6.92 Å². The summed E-state index contributed by atoms with van der Waals surface area (Å²) >= 11 is 0. The lowest BCUT2D eigenvalue weighted by Crippen LogP contribution is -2.69. The Morgan fingerprint density at radius 1 is 0.695 bits per heavy atom. The number of carboxylic acids is 1. The van der Waals surface area contributed by atoms with Gasteiger partial charge in [-0.1, -0.05) is 46.3 Å². The number of hydrogen-bond acceptors (Lipinski definition) is 15. The summed E-state index contributed by atoms with van der Waals surface area (Å²) in [7, 11) is 0. The third-order valence-electron chi connectivity index (χ3n) is 18.2. The first-order valence-corrected chi connectivity index (χ1v) is 21.5. The molecule has 0 amide bonds. The minimum Gasteiger partial charge on any atom is -0.481 e. The minimum atomic E-state index is -1.75. The predicted octanol–water partition coefficient (Wildman–Crippen LogP) is 0.744. The van der Waals surface area contributed by atoms with Crippen LogP contribution in [-0.4, -0.2) is 150 Å². The fraction of sp³-hybridized carbons (Fsp3) is 0.907. The van der Waals surface area contributed by atoms with Crippen LogP contribution in [-0.2, 0) is 28.5 Å². The van der Waals surface area contributed by atoms with Crippen molar-refractivity contribution in [1.82, 2.24) is 0 Å². The van der Waals surface area contributed by atoms with Crippen molar-refractivity contribution in [2.45, 2.75) is 173 Å². The van der Waals surface area contributed by atoms with Crippen LogP contribution in [0.3, 0.4) is 0 Å². The quantitative estimate of drug-likeness (QED) is 0.0918. The third-order valence-corrected chi connectivity index (χ3v) is 18.2. The second kappa shape index (κ2) is 15.2. The molecular weight excluding hydrogens is 772 g/mol. The van der Waals surface area contributed by atoms with Gasteiger partial charge in [-0.25, -0.2) is 0 Å². The molecule has 0 aromatic rings. The number of aliphatic hydroxyl groups excluding tert-OH is 9. The van der Waals surface area contributed by atoms with Crippen LogP contribution in [0.2, 0.25) is 0 Å². The molecule has 2 aliphatic heterocycles. The van der Waals surface area contributed by atoms with Crippen molar-refractivity contribution in [1.29, 1.82) is 0 Å². The Morgan fingerprint density at radius 2 is 1.27 bits per heavy atom. The highest BCUT2D eigenvalue weighted by Gasteiger charge is 2.74. The van der Waals surface area contributed by atoms with Crippen molar-refractivity contribution in [2.24, 2.45) is 49.7 Å². The number of fused-ring (bicyclic) bond motifs is 7. The summed E-state index contributed by atoms with van der Waals surface area (Å²) in [5.74, 6) is -2.01. The van der Waals surface area contributed by atoms with E-state index in [4.69, 9.17) is 18.9 Å². The first-order valence-electron chi connectivity index (χ1n) is 21.5. The molecule has 2 heterocycles. The molecule has 4 saturated carbocycles. The van der Waals surface area contributed by atoms with Crippen molar-refractivity contribution in [3.8, 4) is 0 Å². The summed E-state index contributed by atoms with van der Waals surface area (Å²) in [5, 5.41) is 105. The fourth-order valence-corrected chi connectivity index (χ4v) is 14.3. The van der Waals surface area contributed by atoms with Gasteiger partial charge in [0.15, 0.2) is 6.29 Å². The lowest BCUT2D eigenvalue weighted by molar-refractivity contribution is -0.329. The summed E-state index contributed by atoms with van der Waals surface area (Å²) in [6, 6.07) is 0. The highest BCUT2D eigenvalue weighted by molar-refractivity contribution is 5.80. The first-order chi connectivity index (χ1) is 27.5. The largest absolute Gasteiger partial charge is 0.481 e. The van der Waals surface area contributed by atoms with Gasteiger partial charge < -0.3 is 70.0 Å². The van der Waals surface area contributed by atoms with Crippen molar-refractivity contribution >= 4 is 11.9 Å². The molecule has 2 saturated heterocycles. The number of carbonyl (C=O) groups excluding carboxylic acids is 1. The normalized spacial score (nSPS) is 54.8. The standard InChI is InChI=1S/C43H68O16/c1-37(20-46)13-15-43(36(55)59-34-32(52)30(50)28(48)22(18-45)57-34)16-14-40(4)25(41(43,5)19-37)8-7-23-38(2)11-10-26(42(6,35(53)54)24(38)9-12-39(23,40)3)58-33-31(51)29(49)27(47)21(17-44)56-33/h8,21-24,26-34,44-52H,7,9-20H2,1-6H3,(H,53,54)/t21-,22-,23-,24-,26-,27-,28-,29+,30+,31-,32-,33+,34+,37-,38-,39-,40-,41+,42+,43-/m1/s1. The van der Waals surface area contributed by atoms with Crippen LogP contribution in [0, 0.1) is 49.7 Å². The molecule has 6 fully saturated rings. The number of carboxylic acid groups (broad SMARTS) is 1. The van der Waals surface area contributed by atoms with E-state index in [2.05, 4.69) is 33.8 Å². The van der Waals surface area contributed by atoms with E-state index in [0.717, 1.165) is 5.57 Å². The third kappa shape index (κ3) is 6.28. The molecule has 16 nitrogen and oxygen atoms in total. The van der Waals surface area contributed by atoms with Crippen LogP contribution in [0.1, 0.15) is 106 Å². The summed E-state index contributed by atoms with van der Waals surface area (Å²) in [4.78, 5) is 28.3. The zero-order valence-electron chi connectivity index (χ0n) is 35.2. The molecule has 336 valence electrons. The Bertz CT molecular complexity index is 1660. The van der Waals surface area contributed by atoms with E-state index >= 15 is 0 Å². The van der Waals surface area contributed by atoms with Crippen LogP contribution in [0.15, 0.2) is 11.6 Å². The van der Waals surface area contributed by atoms with E-state index in [0.29, 0.717) is 64.2 Å². The molecule has 7 aliphatic rings. The number of ether oxygens (including phenoxy) is 4. The molecule has 0 radical (unpaired) electrons. The molecule has 16 heteroatoms. The Balaban J connectivity index is 1.22. The van der Waals surface area contributed by atoms with Crippen molar-refractivity contribution in [3.63, 3.8) is 0 Å². The first kappa shape index (κ1) is 45.2. The maximum absolute atomic E-state index is 14.8. The smallest absolute Gasteiger partial charge is 0.315 e. The maximum atomic E-state index is 14.8. The molecule has 0 bridgehead atoms. The second-order valence-corrected chi connectivity index (χ2v) is 20.9. The van der Waals surface area contributed by atoms with Crippen LogP contribution >= 0.6 is 0 Å². The summed E-state index contributed by atoms with van der Waals surface area (Å²) < 4.78 is 23.6. The van der Waals surface area contributed by atoms with Gasteiger partial charge in [-0.3, -0.25) is 9.59 Å². The number of carbonyl (C=O) groups is 2. The van der Waals surface area contributed by atoms with Gasteiger partial charge >= 0.3 is 11.9 Å². The number of allylic oxidation sites excluding steroid dienone is 2. The van der Waals surface area contributed by atoms with Crippen molar-refractivity contribution in [3.05, 3.63) is 11.6 Å². The number of aliphatic hydroxyl groups is 9. The zero-order chi connectivity index (χ0) is 43.5. The second-order valence-electron chi connectivity index (χ2n) is 20.9. The number of aliphatic carboxylic acids is 1. The summed E-state index contributed by atoms with van der Waals surface area (Å²) in [6.45, 7) is 11.1. The van der Waals surface area contributed by atoms with Gasteiger partial charge in [-0.2, -0.15) is 0 Å². The Labute approximate surface area is 345 Å². The Kier molecular flexibility index (Phi) is 11.6. The minimum absolute atomic E-state index is 0.0133. The Morgan fingerprint density at radius 3 is 1.85 bits per heavy atom. The number of hydrogen-bond donors (Lipinski definition) is 10. The van der Waals surface area contributed by atoms with E-state index in [1.165, 1.54) is 0 Å². The van der Waals surface area contributed by atoms with Crippen molar-refractivity contribution < 1.29 is 79.6 Å². The molecule has 0 aromatic heterocycles. The van der Waals surface area contributed by atoms with Crippen LogP contribution in [0.4, 0.5) is 0 Å². The molecule has 10 N–H and O–H groups in total. The summed E-state index contributed by atoms with van der Waals surface area (Å²) in [6.07, 6.45) is -9.09. The van der Waals surface area contributed by atoms with E-state index in [9.17, 15) is 60.7 Å². The predicted molar refractivity (Wildman–Crippen MR) is 206 cm³/mol. The lowest BCUT2D eigenvalue weighted by atomic mass is 9.31. The average molecular weight is 841 g/mol. The lowest BCUT2D eigenvalue weighted by Gasteiger charge is -2.73. The van der Waals surface area contributed by atoms with Crippen molar-refractivity contribution in [2.75, 3.05) is 19.8 Å². The highest BCUT2D eigenvalue weighted by atomic mass is 16.7. The molecule has 0 unspecified atom stereocenters. The highest BCUT2D eigenvalue weighted by Crippen LogP contribution is 2.78. The van der Waals surface area contributed by atoms with E-state index < -0.39 is 125 Å². The average Bonchev–Trinajstić information content (AvgIpc) is 3.19. The van der Waals surface area contributed by atoms with Gasteiger partial charge in [0.05, 0.1) is 30.1 Å². The molecule has 5 aliphatic carbocycles. The molecule has 20 atom stereocenters. The topological polar surface area (TPSA) is 273 Å². The van der Waals surface area contributed by atoms with Crippen LogP contribution < -0.4 is 0 Å². The molecule has 59 heavy (non-hydrogen) atoms. The van der Waals surface area contributed by atoms with Gasteiger partial charge in [-0.05, 0) is 105 Å². The molecule has 0 spiro atoms. The van der Waals surface area contributed by atoms with Gasteiger partial charge in [0, 0.05) is 12.0 Å². The number of esters is 1. The van der Waals surface area contributed by atoms with Gasteiger partial charge in [0.25, 0.3) is 0 Å². The summed E-state index contributed by atoms with van der Waals surface area (Å²) in [5.41, 5.74) is -4.13. The molecule has 0 aromatic carbocycles. The van der Waals surface area contributed by atoms with Crippen LogP contribution in [0.25, 0.3) is 0 Å². The molecular formula is C43H68O16. The molecule has 7 rings (SSSR count). The van der Waals surface area contributed by atoms with Gasteiger partial charge in [0.1, 0.15) is 48.8 Å². The Hall–Kier alpha value is -1.80. The van der Waals surface area contributed by atoms with E-state index in [1.807, 2.05) is 6.92 Å². The van der Waals surface area contributed by atoms with E-state index in [-0.39, 0.29) is 23.9 Å². The van der Waals surface area contributed by atoms with Crippen LogP contribution in [0.5, 0.6) is 0 Å². The monoisotopic (exact) mass is 840 g/mol. The van der Waals surface area contributed by atoms with Gasteiger partial charge in [-0.15, -0.1) is 0 Å².